The SMILES string of the molecule is CCCN(Cc1nnc(-c2cccs2)o1)C(=O)COC(=O)c1cccc(C(F)(F)F)c1. The van der Waals surface area contributed by atoms with Crippen molar-refractivity contribution in [3.8, 4) is 10.8 Å². The lowest BCUT2D eigenvalue weighted by Crippen LogP contribution is -2.35. The third-order valence-electron chi connectivity index (χ3n) is 4.12. The van der Waals surface area contributed by atoms with Gasteiger partial charge in [0.25, 0.3) is 11.8 Å². The van der Waals surface area contributed by atoms with E-state index < -0.39 is 30.2 Å². The molecule has 0 fully saturated rings. The van der Waals surface area contributed by atoms with Crippen LogP contribution in [-0.4, -0.2) is 40.1 Å². The van der Waals surface area contributed by atoms with Crippen LogP contribution in [-0.2, 0) is 22.3 Å². The first-order valence-electron chi connectivity index (χ1n) is 9.26. The second kappa shape index (κ2) is 9.73. The average Bonchev–Trinajstić information content (AvgIpc) is 3.43. The number of hydrogen-bond acceptors (Lipinski definition) is 7. The number of carbonyl (C=O) groups excluding carboxylic acids is 2. The molecule has 31 heavy (non-hydrogen) atoms. The van der Waals surface area contributed by atoms with Gasteiger partial charge in [0.1, 0.15) is 0 Å². The molecule has 7 nitrogen and oxygen atoms in total. The first kappa shape index (κ1) is 22.5. The van der Waals surface area contributed by atoms with E-state index >= 15 is 0 Å². The van der Waals surface area contributed by atoms with Gasteiger partial charge >= 0.3 is 12.1 Å². The molecule has 0 saturated carbocycles. The van der Waals surface area contributed by atoms with Crippen molar-refractivity contribution >= 4 is 23.2 Å². The molecule has 0 radical (unpaired) electrons. The number of halogens is 3. The average molecular weight is 453 g/mol. The van der Waals surface area contributed by atoms with E-state index in [2.05, 4.69) is 10.2 Å². The highest BCUT2D eigenvalue weighted by Crippen LogP contribution is 2.29. The minimum Gasteiger partial charge on any atom is -0.452 e. The first-order valence-corrected chi connectivity index (χ1v) is 10.1. The molecule has 1 amide bonds. The monoisotopic (exact) mass is 453 g/mol. The van der Waals surface area contributed by atoms with Gasteiger partial charge in [-0.25, -0.2) is 4.79 Å². The van der Waals surface area contributed by atoms with Crippen molar-refractivity contribution < 1.29 is 31.9 Å². The van der Waals surface area contributed by atoms with E-state index in [1.807, 2.05) is 24.4 Å². The van der Waals surface area contributed by atoms with Gasteiger partial charge in [0, 0.05) is 6.54 Å². The summed E-state index contributed by atoms with van der Waals surface area (Å²) in [5, 5.41) is 9.75. The van der Waals surface area contributed by atoms with Gasteiger partial charge in [0.15, 0.2) is 6.61 Å². The number of thiophene rings is 1. The summed E-state index contributed by atoms with van der Waals surface area (Å²) in [5.41, 5.74) is -1.26. The zero-order valence-electron chi connectivity index (χ0n) is 16.4. The van der Waals surface area contributed by atoms with Crippen LogP contribution in [0.25, 0.3) is 10.8 Å². The maximum atomic E-state index is 12.8. The topological polar surface area (TPSA) is 85.5 Å². The zero-order valence-corrected chi connectivity index (χ0v) is 17.2. The van der Waals surface area contributed by atoms with Crippen LogP contribution in [0.2, 0.25) is 0 Å². The fraction of sp³-hybridized carbons (Fsp3) is 0.300. The van der Waals surface area contributed by atoms with Crippen LogP contribution >= 0.6 is 11.3 Å². The molecule has 1 aromatic carbocycles. The Morgan fingerprint density at radius 2 is 2.00 bits per heavy atom. The number of aromatic nitrogens is 2. The number of benzene rings is 1. The van der Waals surface area contributed by atoms with E-state index in [1.54, 1.807) is 0 Å². The molecule has 11 heteroatoms. The summed E-state index contributed by atoms with van der Waals surface area (Å²) in [4.78, 5) is 26.8. The summed E-state index contributed by atoms with van der Waals surface area (Å²) < 4.78 is 48.9. The lowest BCUT2D eigenvalue weighted by Gasteiger charge is -2.20. The minimum atomic E-state index is -4.59. The Balaban J connectivity index is 1.61. The third-order valence-corrected chi connectivity index (χ3v) is 4.98. The molecule has 3 rings (SSSR count). The summed E-state index contributed by atoms with van der Waals surface area (Å²) in [7, 11) is 0. The van der Waals surface area contributed by atoms with E-state index in [-0.39, 0.29) is 18.0 Å². The molecular formula is C20H18F3N3O4S. The number of hydrogen-bond donors (Lipinski definition) is 0. The highest BCUT2D eigenvalue weighted by molar-refractivity contribution is 7.13. The van der Waals surface area contributed by atoms with Crippen molar-refractivity contribution in [2.24, 2.45) is 0 Å². The van der Waals surface area contributed by atoms with Crippen molar-refractivity contribution in [1.82, 2.24) is 15.1 Å². The van der Waals surface area contributed by atoms with Crippen LogP contribution < -0.4 is 0 Å². The molecule has 0 saturated heterocycles. The van der Waals surface area contributed by atoms with Gasteiger partial charge in [-0.3, -0.25) is 4.79 Å². The minimum absolute atomic E-state index is 0.0200. The summed E-state index contributed by atoms with van der Waals surface area (Å²) in [6.45, 7) is 1.60. The van der Waals surface area contributed by atoms with Gasteiger partial charge in [0.2, 0.25) is 5.89 Å². The number of rotatable bonds is 8. The largest absolute Gasteiger partial charge is 0.452 e. The Morgan fingerprint density at radius 3 is 2.68 bits per heavy atom. The lowest BCUT2D eigenvalue weighted by atomic mass is 10.1. The second-order valence-corrected chi connectivity index (χ2v) is 7.40. The number of alkyl halides is 3. The highest BCUT2D eigenvalue weighted by Gasteiger charge is 2.31. The standard InChI is InChI=1S/C20H18F3N3O4S/c1-2-8-26(11-16-24-25-18(30-16)15-7-4-9-31-15)17(27)12-29-19(28)13-5-3-6-14(10-13)20(21,22)23/h3-7,9-10H,2,8,11-12H2,1H3. The van der Waals surface area contributed by atoms with Gasteiger partial charge < -0.3 is 14.1 Å². The number of esters is 1. The zero-order chi connectivity index (χ0) is 22.4. The molecule has 0 unspecified atom stereocenters. The fourth-order valence-electron chi connectivity index (χ4n) is 2.67. The molecule has 0 aliphatic rings. The maximum absolute atomic E-state index is 12.8. The van der Waals surface area contributed by atoms with E-state index in [1.165, 1.54) is 22.3 Å². The van der Waals surface area contributed by atoms with Crippen LogP contribution in [0.4, 0.5) is 13.2 Å². The van der Waals surface area contributed by atoms with E-state index in [9.17, 15) is 22.8 Å². The van der Waals surface area contributed by atoms with Crippen molar-refractivity contribution in [3.05, 3.63) is 58.8 Å². The normalized spacial score (nSPS) is 11.4. The smallest absolute Gasteiger partial charge is 0.416 e. The summed E-state index contributed by atoms with van der Waals surface area (Å²) >= 11 is 1.43. The lowest BCUT2D eigenvalue weighted by molar-refractivity contribution is -0.138. The van der Waals surface area contributed by atoms with Crippen LogP contribution in [0.3, 0.4) is 0 Å². The van der Waals surface area contributed by atoms with Gasteiger partial charge in [-0.1, -0.05) is 19.1 Å². The fourth-order valence-corrected chi connectivity index (χ4v) is 3.31. The van der Waals surface area contributed by atoms with Gasteiger partial charge in [-0.05, 0) is 36.1 Å². The first-order chi connectivity index (χ1) is 14.8. The Labute approximate surface area is 179 Å². The number of ether oxygens (including phenoxy) is 1. The molecule has 0 atom stereocenters. The molecule has 0 bridgehead atoms. The van der Waals surface area contributed by atoms with E-state index in [0.29, 0.717) is 24.9 Å². The molecule has 2 heterocycles. The van der Waals surface area contributed by atoms with Gasteiger partial charge in [0.05, 0.1) is 22.5 Å². The maximum Gasteiger partial charge on any atom is 0.416 e. The molecular weight excluding hydrogens is 435 g/mol. The van der Waals surface area contributed by atoms with Crippen molar-refractivity contribution in [2.75, 3.05) is 13.2 Å². The summed E-state index contributed by atoms with van der Waals surface area (Å²) in [5.74, 6) is -0.994. The summed E-state index contributed by atoms with van der Waals surface area (Å²) in [6, 6.07) is 7.49. The van der Waals surface area contributed by atoms with Gasteiger partial charge in [-0.15, -0.1) is 21.5 Å². The number of amides is 1. The molecule has 0 spiro atoms. The Bertz CT molecular complexity index is 1030. The molecule has 164 valence electrons. The molecule has 0 aliphatic heterocycles. The van der Waals surface area contributed by atoms with Crippen LogP contribution in [0.5, 0.6) is 0 Å². The number of carbonyl (C=O) groups is 2. The Hall–Kier alpha value is -3.21. The van der Waals surface area contributed by atoms with E-state index in [4.69, 9.17) is 9.15 Å². The molecule has 3 aromatic rings. The molecule has 0 aliphatic carbocycles. The Kier molecular flexibility index (Phi) is 7.06. The predicted molar refractivity (Wildman–Crippen MR) is 105 cm³/mol. The summed E-state index contributed by atoms with van der Waals surface area (Å²) in [6.07, 6.45) is -3.96. The predicted octanol–water partition coefficient (Wildman–Crippen LogP) is 4.41. The van der Waals surface area contributed by atoms with Crippen molar-refractivity contribution in [2.45, 2.75) is 26.1 Å². The van der Waals surface area contributed by atoms with Crippen LogP contribution in [0.15, 0.2) is 46.2 Å². The number of nitrogens with zero attached hydrogens (tertiary/aromatic N) is 3. The van der Waals surface area contributed by atoms with Crippen molar-refractivity contribution in [1.29, 1.82) is 0 Å². The van der Waals surface area contributed by atoms with Crippen molar-refractivity contribution in [3.63, 3.8) is 0 Å². The van der Waals surface area contributed by atoms with Gasteiger partial charge in [-0.2, -0.15) is 13.2 Å². The molecule has 2 aromatic heterocycles. The van der Waals surface area contributed by atoms with Crippen LogP contribution in [0.1, 0.15) is 35.2 Å². The van der Waals surface area contributed by atoms with Crippen LogP contribution in [0, 0.1) is 0 Å². The van der Waals surface area contributed by atoms with E-state index in [0.717, 1.165) is 17.0 Å². The quantitative estimate of drug-likeness (QED) is 0.470. The molecule has 0 N–H and O–H groups in total. The Morgan fingerprint density at radius 1 is 1.19 bits per heavy atom. The third kappa shape index (κ3) is 5.91. The second-order valence-electron chi connectivity index (χ2n) is 6.45. The highest BCUT2D eigenvalue weighted by atomic mass is 32.1.